The summed E-state index contributed by atoms with van der Waals surface area (Å²) in [5.41, 5.74) is 3.50. The third-order valence-electron chi connectivity index (χ3n) is 2.71. The molecule has 0 aliphatic rings. The Balaban J connectivity index is 2.02. The van der Waals surface area contributed by atoms with Crippen molar-refractivity contribution in [1.29, 1.82) is 0 Å². The van der Waals surface area contributed by atoms with Gasteiger partial charge in [-0.05, 0) is 35.7 Å². The van der Waals surface area contributed by atoms with E-state index in [0.29, 0.717) is 12.5 Å². The average molecular weight is 247 g/mol. The normalized spacial score (nSPS) is 10.2. The fraction of sp³-hybridized carbons (Fsp3) is 0.200. The van der Waals surface area contributed by atoms with Crippen LogP contribution < -0.4 is 4.74 Å². The Morgan fingerprint density at radius 3 is 2.47 bits per heavy atom. The van der Waals surface area contributed by atoms with Crippen LogP contribution in [0.2, 0.25) is 0 Å². The van der Waals surface area contributed by atoms with E-state index in [0.717, 1.165) is 11.3 Å². The van der Waals surface area contributed by atoms with E-state index < -0.39 is 0 Å². The minimum absolute atomic E-state index is 0.546. The molecule has 0 aromatic heterocycles. The molecule has 0 spiro atoms. The number of ether oxygens (including phenoxy) is 1. The van der Waals surface area contributed by atoms with E-state index >= 15 is 0 Å². The first-order valence-electron chi connectivity index (χ1n) is 5.62. The zero-order chi connectivity index (χ0) is 12.1. The fourth-order valence-corrected chi connectivity index (χ4v) is 1.95. The second kappa shape index (κ2) is 5.74. The van der Waals surface area contributed by atoms with E-state index in [9.17, 15) is 0 Å². The third-order valence-corrected chi connectivity index (χ3v) is 2.99. The van der Waals surface area contributed by atoms with Gasteiger partial charge in [0.2, 0.25) is 0 Å². The maximum absolute atomic E-state index is 5.82. The first kappa shape index (κ1) is 12.0. The molecule has 0 bridgehead atoms. The summed E-state index contributed by atoms with van der Waals surface area (Å²) in [5.74, 6) is 1.44. The lowest BCUT2D eigenvalue weighted by molar-refractivity contribution is 0.306. The lowest BCUT2D eigenvalue weighted by Crippen LogP contribution is -1.96. The Kier molecular flexibility index (Phi) is 4.05. The number of aryl methyl sites for hydroxylation is 1. The Bertz CT molecular complexity index is 480. The summed E-state index contributed by atoms with van der Waals surface area (Å²) in [7, 11) is 0. The van der Waals surface area contributed by atoms with E-state index in [4.69, 9.17) is 16.3 Å². The summed E-state index contributed by atoms with van der Waals surface area (Å²) in [4.78, 5) is 0. The number of halogens is 1. The van der Waals surface area contributed by atoms with Crippen molar-refractivity contribution in [3.8, 4) is 5.75 Å². The third kappa shape index (κ3) is 3.24. The summed E-state index contributed by atoms with van der Waals surface area (Å²) in [6.07, 6.45) is 0. The first-order chi connectivity index (χ1) is 8.29. The molecular weight excluding hydrogens is 232 g/mol. The largest absolute Gasteiger partial charge is 0.489 e. The van der Waals surface area contributed by atoms with Gasteiger partial charge < -0.3 is 4.74 Å². The van der Waals surface area contributed by atoms with E-state index in [1.165, 1.54) is 11.1 Å². The predicted octanol–water partition coefficient (Wildman–Crippen LogP) is 4.31. The van der Waals surface area contributed by atoms with Gasteiger partial charge in [-0.1, -0.05) is 36.4 Å². The zero-order valence-corrected chi connectivity index (χ0v) is 10.6. The van der Waals surface area contributed by atoms with Crippen molar-refractivity contribution in [2.75, 3.05) is 0 Å². The van der Waals surface area contributed by atoms with Gasteiger partial charge in [0.25, 0.3) is 0 Å². The summed E-state index contributed by atoms with van der Waals surface area (Å²) in [5, 5.41) is 0. The lowest BCUT2D eigenvalue weighted by atomic mass is 10.1. The van der Waals surface area contributed by atoms with Crippen LogP contribution in [0, 0.1) is 6.92 Å². The minimum Gasteiger partial charge on any atom is -0.489 e. The summed E-state index contributed by atoms with van der Waals surface area (Å²) >= 11 is 5.82. The monoisotopic (exact) mass is 246 g/mol. The highest BCUT2D eigenvalue weighted by atomic mass is 35.5. The number of hydrogen-bond acceptors (Lipinski definition) is 1. The molecule has 2 aromatic carbocycles. The molecule has 0 unspecified atom stereocenters. The molecule has 2 aromatic rings. The van der Waals surface area contributed by atoms with Crippen LogP contribution >= 0.6 is 11.6 Å². The van der Waals surface area contributed by atoms with Crippen LogP contribution in [0.15, 0.2) is 48.5 Å². The van der Waals surface area contributed by atoms with E-state index in [-0.39, 0.29) is 0 Å². The molecule has 2 heteroatoms. The molecule has 0 saturated carbocycles. The van der Waals surface area contributed by atoms with Crippen molar-refractivity contribution in [2.45, 2.75) is 19.4 Å². The zero-order valence-electron chi connectivity index (χ0n) is 9.82. The van der Waals surface area contributed by atoms with Crippen LogP contribution in [-0.4, -0.2) is 0 Å². The standard InChI is InChI=1S/C15H15ClO/c1-12-9-15(8-7-14(12)10-16)17-11-13-5-3-2-4-6-13/h2-9H,10-11H2,1H3. The predicted molar refractivity (Wildman–Crippen MR) is 71.5 cm³/mol. The molecule has 0 radical (unpaired) electrons. The number of rotatable bonds is 4. The number of hydrogen-bond donors (Lipinski definition) is 0. The molecule has 0 aliphatic carbocycles. The van der Waals surface area contributed by atoms with Gasteiger partial charge in [0.1, 0.15) is 12.4 Å². The van der Waals surface area contributed by atoms with Gasteiger partial charge in [0.05, 0.1) is 0 Å². The second-order valence-corrected chi connectivity index (χ2v) is 4.26. The summed E-state index contributed by atoms with van der Waals surface area (Å²) in [6.45, 7) is 2.65. The summed E-state index contributed by atoms with van der Waals surface area (Å²) in [6, 6.07) is 16.2. The average Bonchev–Trinajstić information content (AvgIpc) is 2.38. The Morgan fingerprint density at radius 2 is 1.82 bits per heavy atom. The molecule has 0 aliphatic heterocycles. The van der Waals surface area contributed by atoms with Crippen LogP contribution in [0.3, 0.4) is 0 Å². The second-order valence-electron chi connectivity index (χ2n) is 4.00. The quantitative estimate of drug-likeness (QED) is 0.731. The maximum atomic E-state index is 5.82. The van der Waals surface area contributed by atoms with Gasteiger partial charge in [-0.2, -0.15) is 0 Å². The van der Waals surface area contributed by atoms with Gasteiger partial charge in [0, 0.05) is 5.88 Å². The highest BCUT2D eigenvalue weighted by Crippen LogP contribution is 2.19. The van der Waals surface area contributed by atoms with Gasteiger partial charge in [0.15, 0.2) is 0 Å². The van der Waals surface area contributed by atoms with Crippen molar-refractivity contribution >= 4 is 11.6 Å². The van der Waals surface area contributed by atoms with Crippen LogP contribution in [0.4, 0.5) is 0 Å². The minimum atomic E-state index is 0.546. The van der Waals surface area contributed by atoms with Crippen molar-refractivity contribution < 1.29 is 4.74 Å². The topological polar surface area (TPSA) is 9.23 Å². The molecule has 0 amide bonds. The van der Waals surface area contributed by atoms with Crippen molar-refractivity contribution in [1.82, 2.24) is 0 Å². The van der Waals surface area contributed by atoms with Gasteiger partial charge in [-0.3, -0.25) is 0 Å². The molecule has 1 nitrogen and oxygen atoms in total. The fourth-order valence-electron chi connectivity index (χ4n) is 1.65. The Labute approximate surface area is 107 Å². The molecular formula is C15H15ClO. The molecule has 0 atom stereocenters. The lowest BCUT2D eigenvalue weighted by Gasteiger charge is -2.08. The van der Waals surface area contributed by atoms with Crippen molar-refractivity contribution in [3.63, 3.8) is 0 Å². The van der Waals surface area contributed by atoms with Crippen LogP contribution in [0.25, 0.3) is 0 Å². The van der Waals surface area contributed by atoms with E-state index in [1.807, 2.05) is 43.3 Å². The SMILES string of the molecule is Cc1cc(OCc2ccccc2)ccc1CCl. The molecule has 2 rings (SSSR count). The van der Waals surface area contributed by atoms with Gasteiger partial charge >= 0.3 is 0 Å². The Hall–Kier alpha value is -1.47. The van der Waals surface area contributed by atoms with Crippen LogP contribution in [0.1, 0.15) is 16.7 Å². The molecule has 0 fully saturated rings. The molecule has 17 heavy (non-hydrogen) atoms. The van der Waals surface area contributed by atoms with Gasteiger partial charge in [-0.15, -0.1) is 11.6 Å². The smallest absolute Gasteiger partial charge is 0.120 e. The van der Waals surface area contributed by atoms with Crippen LogP contribution in [0.5, 0.6) is 5.75 Å². The highest BCUT2D eigenvalue weighted by Gasteiger charge is 2.00. The molecule has 0 saturated heterocycles. The van der Waals surface area contributed by atoms with Gasteiger partial charge in [-0.25, -0.2) is 0 Å². The maximum Gasteiger partial charge on any atom is 0.120 e. The number of benzene rings is 2. The first-order valence-corrected chi connectivity index (χ1v) is 6.15. The molecule has 0 heterocycles. The van der Waals surface area contributed by atoms with E-state index in [1.54, 1.807) is 0 Å². The number of alkyl halides is 1. The van der Waals surface area contributed by atoms with Crippen molar-refractivity contribution in [3.05, 3.63) is 65.2 Å². The molecule has 0 N–H and O–H groups in total. The summed E-state index contributed by atoms with van der Waals surface area (Å²) < 4.78 is 5.73. The van der Waals surface area contributed by atoms with Crippen LogP contribution in [-0.2, 0) is 12.5 Å². The Morgan fingerprint density at radius 1 is 1.06 bits per heavy atom. The molecule has 88 valence electrons. The van der Waals surface area contributed by atoms with E-state index in [2.05, 4.69) is 12.1 Å². The van der Waals surface area contributed by atoms with Crippen molar-refractivity contribution in [2.24, 2.45) is 0 Å². The highest BCUT2D eigenvalue weighted by molar-refractivity contribution is 6.17.